The lowest BCUT2D eigenvalue weighted by Crippen LogP contribution is -2.34. The Morgan fingerprint density at radius 1 is 0.407 bits per heavy atom. The first kappa shape index (κ1) is 35.6. The van der Waals surface area contributed by atoms with Gasteiger partial charge in [0.2, 0.25) is 0 Å². The average molecular weight is 712 g/mol. The highest BCUT2D eigenvalue weighted by atomic mass is 15.1. The molecule has 0 heterocycles. The van der Waals surface area contributed by atoms with Gasteiger partial charge in [-0.15, -0.1) is 0 Å². The lowest BCUT2D eigenvalue weighted by molar-refractivity contribution is 0.332. The molecule has 4 aliphatic carbocycles. The smallest absolute Gasteiger partial charge is 0.0543 e. The molecule has 1 heteroatoms. The van der Waals surface area contributed by atoms with E-state index in [2.05, 4.69) is 165 Å². The minimum absolute atomic E-state index is 0.107. The minimum Gasteiger partial charge on any atom is -0.310 e. The third-order valence-electron chi connectivity index (χ3n) is 14.8. The average Bonchev–Trinajstić information content (AvgIpc) is 3.37. The maximum absolute atomic E-state index is 2.66. The first-order chi connectivity index (χ1) is 25.5. The van der Waals surface area contributed by atoms with Crippen LogP contribution in [0.1, 0.15) is 152 Å². The first-order valence-corrected chi connectivity index (χ1v) is 21.0. The van der Waals surface area contributed by atoms with Gasteiger partial charge in [0.25, 0.3) is 0 Å². The van der Waals surface area contributed by atoms with Crippen LogP contribution in [0.5, 0.6) is 0 Å². The quantitative estimate of drug-likeness (QED) is 0.179. The summed E-state index contributed by atoms with van der Waals surface area (Å²) in [5.74, 6) is 0. The highest BCUT2D eigenvalue weighted by Crippen LogP contribution is 2.56. The van der Waals surface area contributed by atoms with Crippen molar-refractivity contribution in [1.29, 1.82) is 0 Å². The summed E-state index contributed by atoms with van der Waals surface area (Å²) in [6.45, 7) is 24.5. The van der Waals surface area contributed by atoms with Gasteiger partial charge in [-0.25, -0.2) is 0 Å². The monoisotopic (exact) mass is 711 g/mol. The third-order valence-corrected chi connectivity index (χ3v) is 14.8. The Bertz CT molecular complexity index is 2240. The van der Waals surface area contributed by atoms with E-state index in [0.717, 1.165) is 0 Å². The fraction of sp³-hybridized carbons (Fsp3) is 0.434. The van der Waals surface area contributed by atoms with Crippen LogP contribution in [0, 0.1) is 0 Å². The van der Waals surface area contributed by atoms with Crippen LogP contribution in [0.2, 0.25) is 0 Å². The molecule has 9 rings (SSSR count). The van der Waals surface area contributed by atoms with Crippen LogP contribution in [0.3, 0.4) is 0 Å². The number of nitrogens with zero attached hydrogens (tertiary/aromatic N) is 1. The molecule has 0 aliphatic heterocycles. The largest absolute Gasteiger partial charge is 0.310 e. The van der Waals surface area contributed by atoms with Gasteiger partial charge >= 0.3 is 0 Å². The first-order valence-electron chi connectivity index (χ1n) is 21.0. The van der Waals surface area contributed by atoms with E-state index in [9.17, 15) is 0 Å². The van der Waals surface area contributed by atoms with Gasteiger partial charge in [-0.05, 0) is 171 Å². The van der Waals surface area contributed by atoms with E-state index in [-0.39, 0.29) is 27.1 Å². The molecular weight excluding hydrogens is 651 g/mol. The summed E-state index contributed by atoms with van der Waals surface area (Å²) in [6.07, 6.45) is 9.78. The van der Waals surface area contributed by atoms with Crippen molar-refractivity contribution in [3.05, 3.63) is 136 Å². The predicted molar refractivity (Wildman–Crippen MR) is 231 cm³/mol. The summed E-state index contributed by atoms with van der Waals surface area (Å²) in [5, 5.41) is 0. The maximum Gasteiger partial charge on any atom is 0.0543 e. The number of aryl methyl sites for hydroxylation is 2. The Morgan fingerprint density at radius 2 is 0.944 bits per heavy atom. The number of rotatable bonds is 4. The minimum atomic E-state index is -0.107. The second kappa shape index (κ2) is 11.9. The Labute approximate surface area is 326 Å². The van der Waals surface area contributed by atoms with E-state index >= 15 is 0 Å². The molecule has 4 aliphatic rings. The van der Waals surface area contributed by atoms with Crippen molar-refractivity contribution in [3.63, 3.8) is 0 Å². The van der Waals surface area contributed by atoms with Crippen LogP contribution < -0.4 is 4.90 Å². The van der Waals surface area contributed by atoms with Crippen molar-refractivity contribution in [2.24, 2.45) is 0 Å². The molecule has 0 radical (unpaired) electrons. The Hall–Kier alpha value is -4.10. The molecule has 5 aromatic rings. The van der Waals surface area contributed by atoms with Crippen molar-refractivity contribution in [2.75, 3.05) is 4.90 Å². The predicted octanol–water partition coefficient (Wildman–Crippen LogP) is 14.7. The van der Waals surface area contributed by atoms with Gasteiger partial charge < -0.3 is 4.90 Å². The van der Waals surface area contributed by atoms with Gasteiger partial charge in [-0.3, -0.25) is 0 Å². The number of hydrogen-bond donors (Lipinski definition) is 0. The van der Waals surface area contributed by atoms with Crippen LogP contribution >= 0.6 is 0 Å². The molecule has 278 valence electrons. The van der Waals surface area contributed by atoms with E-state index in [0.29, 0.717) is 0 Å². The van der Waals surface area contributed by atoms with Gasteiger partial charge in [0.05, 0.1) is 5.69 Å². The summed E-state index contributed by atoms with van der Waals surface area (Å²) in [6, 6.07) is 36.7. The highest BCUT2D eigenvalue weighted by molar-refractivity contribution is 5.95. The SMILES string of the molecule is CC1(C)CCC(C)(C)c2cc(N(c3ccc4c(c3)C(C)(C)CCC4(C)C)c3cc4c(cc3-c3ccc5c(c3)CCCC5)-c3ccccc3C4(C)C)ccc21. The molecule has 0 spiro atoms. The van der Waals surface area contributed by atoms with Gasteiger partial charge in [0, 0.05) is 22.4 Å². The van der Waals surface area contributed by atoms with Gasteiger partial charge in [-0.1, -0.05) is 124 Å². The van der Waals surface area contributed by atoms with Crippen molar-refractivity contribution in [2.45, 2.75) is 148 Å². The van der Waals surface area contributed by atoms with Crippen LogP contribution in [0.4, 0.5) is 17.1 Å². The molecule has 54 heavy (non-hydrogen) atoms. The summed E-state index contributed by atoms with van der Waals surface area (Å²) in [5.41, 5.74) is 21.6. The second-order valence-corrected chi connectivity index (χ2v) is 20.6. The lowest BCUT2D eigenvalue weighted by Gasteiger charge is -2.43. The number of fused-ring (bicyclic) bond motifs is 6. The Kier molecular flexibility index (Phi) is 7.88. The molecule has 0 aromatic heterocycles. The molecule has 0 bridgehead atoms. The van der Waals surface area contributed by atoms with E-state index in [4.69, 9.17) is 0 Å². The molecular formula is C53H61N. The van der Waals surface area contributed by atoms with Crippen LogP contribution in [-0.2, 0) is 39.9 Å². The summed E-state index contributed by atoms with van der Waals surface area (Å²) in [7, 11) is 0. The second-order valence-electron chi connectivity index (χ2n) is 20.6. The van der Waals surface area contributed by atoms with Crippen molar-refractivity contribution >= 4 is 17.1 Å². The Balaban J connectivity index is 1.36. The zero-order valence-corrected chi connectivity index (χ0v) is 34.8. The molecule has 0 atom stereocenters. The van der Waals surface area contributed by atoms with Crippen LogP contribution in [0.15, 0.2) is 91.0 Å². The standard InChI is InChI=1S/C53H61N/c1-49(2)25-27-51(5,6)46-30-37(21-23-43(46)49)54(38-22-24-44-47(31-38)52(7,8)28-26-50(44,3)4)48-33-45-41(39-17-13-14-18-42(39)53(45,9)10)32-40(48)36-20-19-34-15-11-12-16-35(34)29-36/h13-14,17-24,29-33H,11-12,15-16,25-28H2,1-10H3. The fourth-order valence-corrected chi connectivity index (χ4v) is 10.9. The molecule has 0 N–H and O–H groups in total. The molecule has 0 unspecified atom stereocenters. The van der Waals surface area contributed by atoms with E-state index in [1.165, 1.54) is 135 Å². The van der Waals surface area contributed by atoms with Crippen molar-refractivity contribution in [3.8, 4) is 22.3 Å². The van der Waals surface area contributed by atoms with E-state index in [1.54, 1.807) is 0 Å². The highest BCUT2D eigenvalue weighted by Gasteiger charge is 2.41. The van der Waals surface area contributed by atoms with E-state index < -0.39 is 0 Å². The number of hydrogen-bond acceptors (Lipinski definition) is 1. The summed E-state index contributed by atoms with van der Waals surface area (Å²) in [4.78, 5) is 2.66. The zero-order valence-electron chi connectivity index (χ0n) is 34.8. The molecule has 5 aromatic carbocycles. The number of anilines is 3. The van der Waals surface area contributed by atoms with Crippen molar-refractivity contribution < 1.29 is 0 Å². The third kappa shape index (κ3) is 5.46. The summed E-state index contributed by atoms with van der Waals surface area (Å²) >= 11 is 0. The van der Waals surface area contributed by atoms with Crippen molar-refractivity contribution in [1.82, 2.24) is 0 Å². The van der Waals surface area contributed by atoms with Crippen LogP contribution in [0.25, 0.3) is 22.3 Å². The fourth-order valence-electron chi connectivity index (χ4n) is 10.9. The lowest BCUT2D eigenvalue weighted by atomic mass is 9.63. The molecule has 1 nitrogen and oxygen atoms in total. The zero-order chi connectivity index (χ0) is 38.0. The molecule has 0 saturated carbocycles. The molecule has 0 saturated heterocycles. The van der Waals surface area contributed by atoms with Gasteiger partial charge in [0.1, 0.15) is 0 Å². The van der Waals surface area contributed by atoms with E-state index in [1.807, 2.05) is 0 Å². The topological polar surface area (TPSA) is 3.24 Å². The van der Waals surface area contributed by atoms with Crippen LogP contribution in [-0.4, -0.2) is 0 Å². The molecule has 0 fully saturated rings. The number of benzene rings is 5. The van der Waals surface area contributed by atoms with Gasteiger partial charge in [0.15, 0.2) is 0 Å². The normalized spacial score (nSPS) is 20.6. The Morgan fingerprint density at radius 3 is 1.54 bits per heavy atom. The van der Waals surface area contributed by atoms with Gasteiger partial charge in [-0.2, -0.15) is 0 Å². The molecule has 0 amide bonds. The maximum atomic E-state index is 2.66. The summed E-state index contributed by atoms with van der Waals surface area (Å²) < 4.78 is 0.